The van der Waals surface area contributed by atoms with Crippen LogP contribution >= 0.6 is 0 Å². The van der Waals surface area contributed by atoms with E-state index in [0.29, 0.717) is 11.4 Å². The highest BCUT2D eigenvalue weighted by atomic mass is 16.5. The lowest BCUT2D eigenvalue weighted by molar-refractivity contribution is -0.154. The maximum atomic E-state index is 12.8. The monoisotopic (exact) mass is 366 g/mol. The number of para-hydroxylation sites is 2. The Morgan fingerprint density at radius 1 is 1.07 bits per heavy atom. The predicted molar refractivity (Wildman–Crippen MR) is 102 cm³/mol. The summed E-state index contributed by atoms with van der Waals surface area (Å²) in [6.45, 7) is 3.37. The fourth-order valence-electron chi connectivity index (χ4n) is 3.09. The Bertz CT molecular complexity index is 850. The van der Waals surface area contributed by atoms with E-state index in [-0.39, 0.29) is 24.8 Å². The zero-order valence-corrected chi connectivity index (χ0v) is 15.3. The van der Waals surface area contributed by atoms with Gasteiger partial charge < -0.3 is 10.1 Å². The summed E-state index contributed by atoms with van der Waals surface area (Å²) in [6, 6.07) is 16.7. The number of carbonyl (C=O) groups is 3. The van der Waals surface area contributed by atoms with Crippen LogP contribution in [0, 0.1) is 0 Å². The van der Waals surface area contributed by atoms with E-state index in [4.69, 9.17) is 4.74 Å². The average molecular weight is 366 g/mol. The number of rotatable bonds is 5. The molecule has 27 heavy (non-hydrogen) atoms. The molecule has 1 aliphatic rings. The maximum Gasteiger partial charge on any atom is 0.307 e. The lowest BCUT2D eigenvalue weighted by atomic mass is 9.98. The molecule has 1 heterocycles. The van der Waals surface area contributed by atoms with Crippen molar-refractivity contribution in [1.82, 2.24) is 0 Å². The third-order valence-corrected chi connectivity index (χ3v) is 4.53. The first kappa shape index (κ1) is 18.6. The van der Waals surface area contributed by atoms with Crippen molar-refractivity contribution in [2.75, 3.05) is 16.8 Å². The van der Waals surface area contributed by atoms with E-state index in [1.165, 1.54) is 11.8 Å². The lowest BCUT2D eigenvalue weighted by Gasteiger charge is -2.30. The fourth-order valence-corrected chi connectivity index (χ4v) is 3.09. The number of nitrogens with one attached hydrogen (secondary N) is 1. The van der Waals surface area contributed by atoms with Crippen molar-refractivity contribution in [2.45, 2.75) is 32.3 Å². The minimum atomic E-state index is -0.973. The number of anilines is 2. The molecule has 2 aromatic carbocycles. The quantitative estimate of drug-likeness (QED) is 0.825. The van der Waals surface area contributed by atoms with E-state index < -0.39 is 18.0 Å². The van der Waals surface area contributed by atoms with Crippen molar-refractivity contribution >= 4 is 29.2 Å². The van der Waals surface area contributed by atoms with Crippen LogP contribution in [0.4, 0.5) is 11.4 Å². The highest BCUT2D eigenvalue weighted by Crippen LogP contribution is 2.29. The van der Waals surface area contributed by atoms with Gasteiger partial charge >= 0.3 is 5.97 Å². The first-order chi connectivity index (χ1) is 13.0. The Kier molecular flexibility index (Phi) is 5.54. The molecule has 0 bridgehead atoms. The van der Waals surface area contributed by atoms with Gasteiger partial charge in [-0.2, -0.15) is 0 Å². The third-order valence-electron chi connectivity index (χ3n) is 4.53. The molecule has 0 aliphatic carbocycles. The molecule has 0 radical (unpaired) electrons. The van der Waals surface area contributed by atoms with Crippen molar-refractivity contribution in [3.8, 4) is 0 Å². The van der Waals surface area contributed by atoms with Crippen LogP contribution in [0.2, 0.25) is 0 Å². The first-order valence-corrected chi connectivity index (χ1v) is 8.90. The molecule has 6 heteroatoms. The van der Waals surface area contributed by atoms with Gasteiger partial charge in [0.2, 0.25) is 5.91 Å². The van der Waals surface area contributed by atoms with Crippen LogP contribution in [0.1, 0.15) is 31.7 Å². The molecule has 2 aromatic rings. The molecule has 2 atom stereocenters. The van der Waals surface area contributed by atoms with Gasteiger partial charge in [-0.15, -0.1) is 0 Å². The molecule has 0 saturated heterocycles. The second-order valence-electron chi connectivity index (χ2n) is 6.64. The molecule has 0 unspecified atom stereocenters. The second kappa shape index (κ2) is 8.03. The minimum absolute atomic E-state index is 0.0116. The van der Waals surface area contributed by atoms with Gasteiger partial charge in [-0.3, -0.25) is 19.3 Å². The normalized spacial score (nSPS) is 15.3. The largest absolute Gasteiger partial charge is 0.453 e. The summed E-state index contributed by atoms with van der Waals surface area (Å²) in [5, 5.41) is 2.73. The van der Waals surface area contributed by atoms with E-state index in [1.807, 2.05) is 37.3 Å². The molecule has 1 aliphatic heterocycles. The van der Waals surface area contributed by atoms with E-state index in [2.05, 4.69) is 5.32 Å². The average Bonchev–Trinajstić information content (AvgIpc) is 2.67. The number of amides is 2. The Labute approximate surface area is 158 Å². The van der Waals surface area contributed by atoms with Crippen molar-refractivity contribution in [3.63, 3.8) is 0 Å². The summed E-state index contributed by atoms with van der Waals surface area (Å²) >= 11 is 0. The zero-order valence-electron chi connectivity index (χ0n) is 15.3. The molecule has 2 amide bonds. The Morgan fingerprint density at radius 2 is 1.74 bits per heavy atom. The van der Waals surface area contributed by atoms with Crippen molar-refractivity contribution < 1.29 is 19.1 Å². The SMILES string of the molecule is C[C@@H](OC(=O)C[C@H](C)c1ccccc1)C(=O)N1CC(=O)Nc2ccccc21. The summed E-state index contributed by atoms with van der Waals surface area (Å²) in [5.41, 5.74) is 2.20. The molecule has 140 valence electrons. The highest BCUT2D eigenvalue weighted by Gasteiger charge is 2.31. The van der Waals surface area contributed by atoms with E-state index >= 15 is 0 Å². The number of hydrogen-bond acceptors (Lipinski definition) is 4. The summed E-state index contributed by atoms with van der Waals surface area (Å²) in [7, 11) is 0. The molecular formula is C21H22N2O4. The van der Waals surface area contributed by atoms with Gasteiger partial charge in [0.1, 0.15) is 6.54 Å². The Hall–Kier alpha value is -3.15. The highest BCUT2D eigenvalue weighted by molar-refractivity contribution is 6.11. The number of ether oxygens (including phenoxy) is 1. The topological polar surface area (TPSA) is 75.7 Å². The minimum Gasteiger partial charge on any atom is -0.453 e. The van der Waals surface area contributed by atoms with Crippen LogP contribution in [0.15, 0.2) is 54.6 Å². The summed E-state index contributed by atoms with van der Waals surface area (Å²) in [5.74, 6) is -1.15. The van der Waals surface area contributed by atoms with Gasteiger partial charge in [0, 0.05) is 0 Å². The van der Waals surface area contributed by atoms with Crippen LogP contribution in [-0.2, 0) is 19.1 Å². The maximum absolute atomic E-state index is 12.8. The van der Waals surface area contributed by atoms with Gasteiger partial charge in [-0.05, 0) is 30.5 Å². The van der Waals surface area contributed by atoms with Gasteiger partial charge in [0.15, 0.2) is 6.10 Å². The van der Waals surface area contributed by atoms with E-state index in [1.54, 1.807) is 24.3 Å². The van der Waals surface area contributed by atoms with E-state index in [9.17, 15) is 14.4 Å². The van der Waals surface area contributed by atoms with Crippen LogP contribution in [-0.4, -0.2) is 30.4 Å². The third kappa shape index (κ3) is 4.34. The first-order valence-electron chi connectivity index (χ1n) is 8.90. The molecule has 0 fully saturated rings. The fraction of sp³-hybridized carbons (Fsp3) is 0.286. The van der Waals surface area contributed by atoms with E-state index in [0.717, 1.165) is 5.56 Å². The lowest BCUT2D eigenvalue weighted by Crippen LogP contribution is -2.47. The summed E-state index contributed by atoms with van der Waals surface area (Å²) in [4.78, 5) is 38.3. The number of carbonyl (C=O) groups excluding carboxylic acids is 3. The number of benzene rings is 2. The Balaban J connectivity index is 1.64. The molecule has 0 aromatic heterocycles. The summed E-state index contributed by atoms with van der Waals surface area (Å²) in [6.07, 6.45) is -0.793. The second-order valence-corrected chi connectivity index (χ2v) is 6.64. The van der Waals surface area contributed by atoms with Crippen molar-refractivity contribution in [3.05, 3.63) is 60.2 Å². The van der Waals surface area contributed by atoms with Crippen LogP contribution in [0.3, 0.4) is 0 Å². The zero-order chi connectivity index (χ0) is 19.4. The molecular weight excluding hydrogens is 344 g/mol. The molecule has 1 N–H and O–H groups in total. The molecule has 0 saturated carbocycles. The number of nitrogens with zero attached hydrogens (tertiary/aromatic N) is 1. The van der Waals surface area contributed by atoms with Crippen LogP contribution in [0.25, 0.3) is 0 Å². The van der Waals surface area contributed by atoms with Crippen LogP contribution in [0.5, 0.6) is 0 Å². The molecule has 3 rings (SSSR count). The van der Waals surface area contributed by atoms with Crippen molar-refractivity contribution in [1.29, 1.82) is 0 Å². The summed E-state index contributed by atoms with van der Waals surface area (Å²) < 4.78 is 5.35. The van der Waals surface area contributed by atoms with Crippen molar-refractivity contribution in [2.24, 2.45) is 0 Å². The van der Waals surface area contributed by atoms with Gasteiger partial charge in [0.05, 0.1) is 17.8 Å². The Morgan fingerprint density at radius 3 is 2.48 bits per heavy atom. The molecule has 0 spiro atoms. The molecule has 6 nitrogen and oxygen atoms in total. The smallest absolute Gasteiger partial charge is 0.307 e. The van der Waals surface area contributed by atoms with Gasteiger partial charge in [-0.1, -0.05) is 49.4 Å². The number of fused-ring (bicyclic) bond motifs is 1. The standard InChI is InChI=1S/C21H22N2O4/c1-14(16-8-4-3-5-9-16)12-20(25)27-15(2)21(26)23-13-19(24)22-17-10-6-7-11-18(17)23/h3-11,14-15H,12-13H2,1-2H3,(H,22,24)/t14-,15+/m0/s1. The van der Waals surface area contributed by atoms with Crippen LogP contribution < -0.4 is 10.2 Å². The van der Waals surface area contributed by atoms with Gasteiger partial charge in [-0.25, -0.2) is 0 Å². The number of hydrogen-bond donors (Lipinski definition) is 1. The predicted octanol–water partition coefficient (Wildman–Crippen LogP) is 3.10. The number of esters is 1. The van der Waals surface area contributed by atoms with Gasteiger partial charge in [0.25, 0.3) is 5.91 Å².